The molecule has 5 nitrogen and oxygen atoms in total. The fourth-order valence-electron chi connectivity index (χ4n) is 2.19. The lowest BCUT2D eigenvalue weighted by Gasteiger charge is -2.31. The predicted octanol–water partition coefficient (Wildman–Crippen LogP) is 1.41. The van der Waals surface area contributed by atoms with Crippen LogP contribution < -0.4 is 5.73 Å². The number of amidine groups is 1. The molecule has 2 heterocycles. The van der Waals surface area contributed by atoms with E-state index in [1.807, 2.05) is 6.92 Å². The fraction of sp³-hybridized carbons (Fsp3) is 0.636. The van der Waals surface area contributed by atoms with Crippen LogP contribution in [0.3, 0.4) is 0 Å². The molecule has 6 heteroatoms. The van der Waals surface area contributed by atoms with E-state index in [9.17, 15) is 0 Å². The Morgan fingerprint density at radius 2 is 2.59 bits per heavy atom. The Labute approximate surface area is 105 Å². The highest BCUT2D eigenvalue weighted by Gasteiger charge is 2.23. The van der Waals surface area contributed by atoms with Gasteiger partial charge in [0.25, 0.3) is 0 Å². The van der Waals surface area contributed by atoms with Gasteiger partial charge >= 0.3 is 0 Å². The highest BCUT2D eigenvalue weighted by molar-refractivity contribution is 7.09. The van der Waals surface area contributed by atoms with Gasteiger partial charge in [0.05, 0.1) is 6.54 Å². The number of rotatable bonds is 3. The van der Waals surface area contributed by atoms with Crippen molar-refractivity contribution in [1.29, 1.82) is 0 Å². The van der Waals surface area contributed by atoms with Crippen LogP contribution >= 0.6 is 11.3 Å². The molecule has 0 amide bonds. The molecule has 0 saturated carbocycles. The van der Waals surface area contributed by atoms with Gasteiger partial charge in [-0.2, -0.15) is 0 Å². The monoisotopic (exact) mass is 254 g/mol. The van der Waals surface area contributed by atoms with Crippen molar-refractivity contribution >= 4 is 17.2 Å². The van der Waals surface area contributed by atoms with Crippen molar-refractivity contribution in [3.63, 3.8) is 0 Å². The molecule has 1 atom stereocenters. The predicted molar refractivity (Wildman–Crippen MR) is 68.3 cm³/mol. The molecule has 94 valence electrons. The molecule has 1 saturated heterocycles. The van der Waals surface area contributed by atoms with Crippen molar-refractivity contribution in [3.05, 3.63) is 16.1 Å². The second-order valence-electron chi connectivity index (χ2n) is 4.48. The molecule has 0 spiro atoms. The second kappa shape index (κ2) is 5.46. The second-order valence-corrected chi connectivity index (χ2v) is 5.42. The molecule has 0 aromatic carbocycles. The van der Waals surface area contributed by atoms with E-state index in [2.05, 4.69) is 20.4 Å². The quantitative estimate of drug-likeness (QED) is 0.370. The highest BCUT2D eigenvalue weighted by Crippen LogP contribution is 2.20. The lowest BCUT2D eigenvalue weighted by Crippen LogP contribution is -2.40. The first-order valence-corrected chi connectivity index (χ1v) is 6.68. The van der Waals surface area contributed by atoms with E-state index in [1.54, 1.807) is 11.3 Å². The molecule has 0 radical (unpaired) electrons. The molecule has 3 N–H and O–H groups in total. The van der Waals surface area contributed by atoms with Crippen molar-refractivity contribution in [3.8, 4) is 0 Å². The summed E-state index contributed by atoms with van der Waals surface area (Å²) in [6.45, 7) is 4.80. The number of nitrogens with zero attached hydrogens (tertiary/aromatic N) is 3. The molecule has 0 aliphatic carbocycles. The summed E-state index contributed by atoms with van der Waals surface area (Å²) in [7, 11) is 0. The van der Waals surface area contributed by atoms with Gasteiger partial charge in [-0.3, -0.25) is 4.90 Å². The topological polar surface area (TPSA) is 74.7 Å². The zero-order chi connectivity index (χ0) is 12.3. The summed E-state index contributed by atoms with van der Waals surface area (Å²) in [5, 5.41) is 15.0. The Bertz CT molecular complexity index is 404. The molecule has 1 aliphatic heterocycles. The lowest BCUT2D eigenvalue weighted by molar-refractivity contribution is 0.192. The Balaban J connectivity index is 1.93. The van der Waals surface area contributed by atoms with Gasteiger partial charge in [-0.15, -0.1) is 11.3 Å². The third-order valence-electron chi connectivity index (χ3n) is 3.06. The third kappa shape index (κ3) is 3.17. The molecule has 1 aromatic rings. The van der Waals surface area contributed by atoms with Crippen LogP contribution in [0.15, 0.2) is 10.5 Å². The van der Waals surface area contributed by atoms with E-state index >= 15 is 0 Å². The van der Waals surface area contributed by atoms with Crippen molar-refractivity contribution < 1.29 is 5.21 Å². The number of hydrogen-bond acceptors (Lipinski definition) is 5. The summed E-state index contributed by atoms with van der Waals surface area (Å²) >= 11 is 1.69. The van der Waals surface area contributed by atoms with Crippen LogP contribution in [0.2, 0.25) is 0 Å². The van der Waals surface area contributed by atoms with Gasteiger partial charge in [0.15, 0.2) is 0 Å². The number of hydrogen-bond donors (Lipinski definition) is 2. The first kappa shape index (κ1) is 12.3. The number of thiazole rings is 1. The van der Waals surface area contributed by atoms with Gasteiger partial charge < -0.3 is 10.9 Å². The van der Waals surface area contributed by atoms with Gasteiger partial charge in [-0.1, -0.05) is 5.16 Å². The van der Waals surface area contributed by atoms with E-state index in [1.165, 1.54) is 0 Å². The summed E-state index contributed by atoms with van der Waals surface area (Å²) in [6, 6.07) is 0. The number of piperidine rings is 1. The number of aromatic nitrogens is 1. The van der Waals surface area contributed by atoms with Gasteiger partial charge in [-0.05, 0) is 26.3 Å². The Kier molecular flexibility index (Phi) is 3.96. The number of oxime groups is 1. The summed E-state index contributed by atoms with van der Waals surface area (Å²) in [6.07, 6.45) is 2.09. The Morgan fingerprint density at radius 3 is 3.24 bits per heavy atom. The molecular formula is C11H18N4OS. The van der Waals surface area contributed by atoms with Crippen molar-refractivity contribution in [2.75, 3.05) is 13.1 Å². The first-order valence-electron chi connectivity index (χ1n) is 5.80. The average Bonchev–Trinajstić information content (AvgIpc) is 2.74. The Morgan fingerprint density at radius 1 is 1.76 bits per heavy atom. The zero-order valence-electron chi connectivity index (χ0n) is 9.96. The Hall–Kier alpha value is -1.14. The summed E-state index contributed by atoms with van der Waals surface area (Å²) in [4.78, 5) is 6.78. The van der Waals surface area contributed by atoms with Crippen LogP contribution in [0.5, 0.6) is 0 Å². The maximum absolute atomic E-state index is 8.70. The first-order chi connectivity index (χ1) is 8.19. The molecule has 17 heavy (non-hydrogen) atoms. The molecule has 1 unspecified atom stereocenters. The third-order valence-corrected chi connectivity index (χ3v) is 4.02. The van der Waals surface area contributed by atoms with Crippen molar-refractivity contribution in [2.45, 2.75) is 26.3 Å². The van der Waals surface area contributed by atoms with Crippen LogP contribution in [0.1, 0.15) is 23.5 Å². The highest BCUT2D eigenvalue weighted by atomic mass is 32.1. The fourth-order valence-corrected chi connectivity index (χ4v) is 3.00. The maximum Gasteiger partial charge on any atom is 0.143 e. The van der Waals surface area contributed by atoms with E-state index in [-0.39, 0.29) is 5.92 Å². The number of aryl methyl sites for hydroxylation is 1. The normalized spacial score (nSPS) is 22.9. The maximum atomic E-state index is 8.70. The van der Waals surface area contributed by atoms with Gasteiger partial charge in [-0.25, -0.2) is 4.98 Å². The lowest BCUT2D eigenvalue weighted by atomic mass is 9.97. The van der Waals surface area contributed by atoms with Crippen LogP contribution in [-0.4, -0.2) is 34.0 Å². The minimum Gasteiger partial charge on any atom is -0.409 e. The zero-order valence-corrected chi connectivity index (χ0v) is 10.8. The molecule has 1 fully saturated rings. The van der Waals surface area contributed by atoms with E-state index < -0.39 is 0 Å². The summed E-state index contributed by atoms with van der Waals surface area (Å²) in [5.41, 5.74) is 6.75. The average molecular weight is 254 g/mol. The van der Waals surface area contributed by atoms with Crippen LogP contribution in [-0.2, 0) is 6.54 Å². The molecule has 2 rings (SSSR count). The van der Waals surface area contributed by atoms with E-state index in [4.69, 9.17) is 10.9 Å². The molecule has 1 aliphatic rings. The standard InChI is InChI=1S/C11H18N4OS/c1-8-7-17-10(13-8)6-15-4-2-3-9(5-15)11(12)14-16/h7,9,16H,2-6H2,1H3,(H2,12,14). The van der Waals surface area contributed by atoms with Gasteiger partial charge in [0, 0.05) is 23.5 Å². The summed E-state index contributed by atoms with van der Waals surface area (Å²) < 4.78 is 0. The molecular weight excluding hydrogens is 236 g/mol. The molecule has 0 bridgehead atoms. The van der Waals surface area contributed by atoms with Crippen molar-refractivity contribution in [2.24, 2.45) is 16.8 Å². The molecule has 1 aromatic heterocycles. The largest absolute Gasteiger partial charge is 0.409 e. The number of nitrogens with two attached hydrogens (primary N) is 1. The number of likely N-dealkylation sites (tertiary alicyclic amines) is 1. The van der Waals surface area contributed by atoms with E-state index in [0.717, 1.165) is 43.2 Å². The van der Waals surface area contributed by atoms with Crippen molar-refractivity contribution in [1.82, 2.24) is 9.88 Å². The smallest absolute Gasteiger partial charge is 0.143 e. The summed E-state index contributed by atoms with van der Waals surface area (Å²) in [5.74, 6) is 0.528. The van der Waals surface area contributed by atoms with Crippen LogP contribution in [0, 0.1) is 12.8 Å². The minimum absolute atomic E-state index is 0.176. The van der Waals surface area contributed by atoms with Crippen LogP contribution in [0.25, 0.3) is 0 Å². The van der Waals surface area contributed by atoms with Crippen LogP contribution in [0.4, 0.5) is 0 Å². The minimum atomic E-state index is 0.176. The van der Waals surface area contributed by atoms with Gasteiger partial charge in [0.2, 0.25) is 0 Å². The van der Waals surface area contributed by atoms with Gasteiger partial charge in [0.1, 0.15) is 10.8 Å². The SMILES string of the molecule is Cc1csc(CN2CCCC(C(N)=NO)C2)n1. The van der Waals surface area contributed by atoms with E-state index in [0.29, 0.717) is 5.84 Å².